The quantitative estimate of drug-likeness (QED) is 0.500. The molecule has 0 spiro atoms. The molecule has 0 unspecified atom stereocenters. The first-order valence-electron chi connectivity index (χ1n) is 12.1. The summed E-state index contributed by atoms with van der Waals surface area (Å²) in [5.74, 6) is 1.17. The Morgan fingerprint density at radius 1 is 1.06 bits per heavy atom. The molecule has 2 aromatic heterocycles. The number of hydrogen-bond acceptors (Lipinski definition) is 4. The average molecular weight is 457 g/mol. The molecule has 6 rings (SSSR count). The number of nitrogens with one attached hydrogen (secondary N) is 1. The van der Waals surface area contributed by atoms with E-state index in [1.165, 1.54) is 11.1 Å². The average Bonchev–Trinajstić information content (AvgIpc) is 3.20. The van der Waals surface area contributed by atoms with Gasteiger partial charge in [0.15, 0.2) is 0 Å². The number of nitrogens with zero attached hydrogens (tertiary/aromatic N) is 3. The molecule has 34 heavy (non-hydrogen) atoms. The molecule has 4 aromatic rings. The van der Waals surface area contributed by atoms with Crippen LogP contribution in [-0.2, 0) is 17.6 Å². The summed E-state index contributed by atoms with van der Waals surface area (Å²) in [6.07, 6.45) is 5.15. The second-order valence-electron chi connectivity index (χ2n) is 9.42. The predicted molar refractivity (Wildman–Crippen MR) is 131 cm³/mol. The normalized spacial score (nSPS) is 17.1. The van der Waals surface area contributed by atoms with Crippen molar-refractivity contribution in [2.75, 3.05) is 26.3 Å². The van der Waals surface area contributed by atoms with Crippen molar-refractivity contribution in [3.8, 4) is 0 Å². The maximum Gasteiger partial charge on any atom is 0.274 e. The predicted octanol–water partition coefficient (Wildman–Crippen LogP) is 3.62. The summed E-state index contributed by atoms with van der Waals surface area (Å²) < 4.78 is 7.50. The molecule has 0 aliphatic carbocycles. The lowest BCUT2D eigenvalue weighted by atomic mass is 9.99. The van der Waals surface area contributed by atoms with E-state index in [1.807, 2.05) is 28.4 Å². The number of aryl methyl sites for hydroxylation is 1. The van der Waals surface area contributed by atoms with Crippen LogP contribution < -0.4 is 5.56 Å². The van der Waals surface area contributed by atoms with Crippen LogP contribution in [0.15, 0.2) is 47.4 Å². The van der Waals surface area contributed by atoms with Crippen molar-refractivity contribution < 1.29 is 9.53 Å². The van der Waals surface area contributed by atoms with Crippen LogP contribution in [0.1, 0.15) is 51.6 Å². The fourth-order valence-electron chi connectivity index (χ4n) is 5.46. The molecule has 174 valence electrons. The molecule has 1 N–H and O–H groups in total. The van der Waals surface area contributed by atoms with Crippen LogP contribution in [0.3, 0.4) is 0 Å². The zero-order chi connectivity index (χ0) is 23.2. The smallest absolute Gasteiger partial charge is 0.274 e. The Morgan fingerprint density at radius 2 is 1.76 bits per heavy atom. The molecule has 4 heterocycles. The molecule has 1 saturated heterocycles. The van der Waals surface area contributed by atoms with Gasteiger partial charge in [-0.3, -0.25) is 14.0 Å². The van der Waals surface area contributed by atoms with E-state index in [2.05, 4.69) is 34.2 Å². The summed E-state index contributed by atoms with van der Waals surface area (Å²) in [7, 11) is 0. The third-order valence-corrected chi connectivity index (χ3v) is 7.38. The fraction of sp³-hybridized carbons (Fsp3) is 0.370. The largest absolute Gasteiger partial charge is 0.381 e. The molecule has 2 aliphatic rings. The Bertz CT molecular complexity index is 1440. The molecule has 0 atom stereocenters. The minimum Gasteiger partial charge on any atom is -0.381 e. The van der Waals surface area contributed by atoms with Gasteiger partial charge in [0.1, 0.15) is 11.3 Å². The van der Waals surface area contributed by atoms with Gasteiger partial charge in [-0.1, -0.05) is 24.3 Å². The number of amides is 1. The molecule has 2 aliphatic heterocycles. The lowest BCUT2D eigenvalue weighted by molar-refractivity contribution is 0.0762. The number of benzene rings is 2. The second kappa shape index (κ2) is 8.40. The van der Waals surface area contributed by atoms with E-state index in [1.54, 1.807) is 6.20 Å². The van der Waals surface area contributed by atoms with E-state index in [-0.39, 0.29) is 17.4 Å². The Balaban J connectivity index is 1.40. The number of aromatic amines is 1. The molecule has 1 fully saturated rings. The lowest BCUT2D eigenvalue weighted by Gasteiger charge is -2.23. The SMILES string of the molecule is Cc1cc2c(cc1C(=O)N1CCc3ccccc3CC1)[nH]c(=O)c1cnc(C3CCOCC3)n12. The minimum absolute atomic E-state index is 0.0171. The van der Waals surface area contributed by atoms with E-state index in [4.69, 9.17) is 4.74 Å². The summed E-state index contributed by atoms with van der Waals surface area (Å²) in [6, 6.07) is 12.3. The summed E-state index contributed by atoms with van der Waals surface area (Å²) in [4.78, 5) is 36.0. The van der Waals surface area contributed by atoms with Crippen LogP contribution in [0.2, 0.25) is 0 Å². The van der Waals surface area contributed by atoms with Gasteiger partial charge >= 0.3 is 0 Å². The fourth-order valence-corrected chi connectivity index (χ4v) is 5.46. The van der Waals surface area contributed by atoms with Crippen molar-refractivity contribution in [1.82, 2.24) is 19.3 Å². The van der Waals surface area contributed by atoms with Gasteiger partial charge in [-0.25, -0.2) is 4.98 Å². The van der Waals surface area contributed by atoms with Crippen molar-refractivity contribution in [3.05, 3.63) is 81.0 Å². The second-order valence-corrected chi connectivity index (χ2v) is 9.42. The van der Waals surface area contributed by atoms with Crippen molar-refractivity contribution >= 4 is 22.5 Å². The van der Waals surface area contributed by atoms with E-state index in [0.717, 1.165) is 42.6 Å². The lowest BCUT2D eigenvalue weighted by Crippen LogP contribution is -2.33. The van der Waals surface area contributed by atoms with Crippen molar-refractivity contribution in [3.63, 3.8) is 0 Å². The van der Waals surface area contributed by atoms with E-state index >= 15 is 0 Å². The van der Waals surface area contributed by atoms with Gasteiger partial charge in [0.25, 0.3) is 11.5 Å². The molecular formula is C27H28N4O3. The standard InChI is InChI=1S/C27H28N4O3/c1-17-14-23-22(29-26(32)24-16-28-25(31(23)24)20-8-12-34-13-9-20)15-21(17)27(33)30-10-6-18-4-2-3-5-19(18)7-11-30/h2-5,14-16,20H,6-13H2,1H3,(H,29,32). The van der Waals surface area contributed by atoms with E-state index in [0.29, 0.717) is 42.9 Å². The maximum atomic E-state index is 13.6. The molecule has 1 amide bonds. The van der Waals surface area contributed by atoms with Crippen LogP contribution in [0.25, 0.3) is 16.6 Å². The number of fused-ring (bicyclic) bond motifs is 4. The zero-order valence-corrected chi connectivity index (χ0v) is 19.3. The summed E-state index contributed by atoms with van der Waals surface area (Å²) in [6.45, 7) is 4.77. The van der Waals surface area contributed by atoms with Crippen molar-refractivity contribution in [2.24, 2.45) is 0 Å². The highest BCUT2D eigenvalue weighted by Gasteiger charge is 2.25. The first-order valence-corrected chi connectivity index (χ1v) is 12.1. The monoisotopic (exact) mass is 456 g/mol. The Morgan fingerprint density at radius 3 is 2.47 bits per heavy atom. The van der Waals surface area contributed by atoms with Gasteiger partial charge in [0.05, 0.1) is 17.2 Å². The van der Waals surface area contributed by atoms with Crippen LogP contribution >= 0.6 is 0 Å². The number of carbonyl (C=O) groups is 1. The molecule has 0 radical (unpaired) electrons. The molecule has 0 bridgehead atoms. The molecule has 2 aromatic carbocycles. The third-order valence-electron chi connectivity index (χ3n) is 7.38. The summed E-state index contributed by atoms with van der Waals surface area (Å²) in [5.41, 5.74) is 6.08. The molecule has 7 heteroatoms. The van der Waals surface area contributed by atoms with Gasteiger partial charge in [-0.05, 0) is 61.4 Å². The Labute approximate surface area is 197 Å². The minimum atomic E-state index is -0.189. The van der Waals surface area contributed by atoms with Crippen molar-refractivity contribution in [1.29, 1.82) is 0 Å². The van der Waals surface area contributed by atoms with E-state index in [9.17, 15) is 9.59 Å². The van der Waals surface area contributed by atoms with Gasteiger partial charge in [0.2, 0.25) is 0 Å². The number of H-pyrrole nitrogens is 1. The number of aromatic nitrogens is 3. The number of ether oxygens (including phenoxy) is 1. The van der Waals surface area contributed by atoms with E-state index < -0.39 is 0 Å². The zero-order valence-electron chi connectivity index (χ0n) is 19.3. The molecular weight excluding hydrogens is 428 g/mol. The van der Waals surface area contributed by atoms with Gasteiger partial charge < -0.3 is 14.6 Å². The molecule has 7 nitrogen and oxygen atoms in total. The number of hydrogen-bond donors (Lipinski definition) is 1. The maximum absolute atomic E-state index is 13.6. The number of imidazole rings is 1. The highest BCUT2D eigenvalue weighted by Crippen LogP contribution is 2.29. The Kier molecular flexibility index (Phi) is 5.21. The number of rotatable bonds is 2. The number of carbonyl (C=O) groups excluding carboxylic acids is 1. The molecule has 0 saturated carbocycles. The third kappa shape index (κ3) is 3.51. The van der Waals surface area contributed by atoms with Gasteiger partial charge in [0, 0.05) is 37.8 Å². The first kappa shape index (κ1) is 21.1. The van der Waals surface area contributed by atoms with Gasteiger partial charge in [-0.15, -0.1) is 0 Å². The van der Waals surface area contributed by atoms with Crippen LogP contribution in [-0.4, -0.2) is 51.5 Å². The van der Waals surface area contributed by atoms with Crippen LogP contribution in [0.4, 0.5) is 0 Å². The highest BCUT2D eigenvalue weighted by atomic mass is 16.5. The van der Waals surface area contributed by atoms with Crippen LogP contribution in [0.5, 0.6) is 0 Å². The summed E-state index contributed by atoms with van der Waals surface area (Å²) >= 11 is 0. The highest BCUT2D eigenvalue weighted by molar-refractivity contribution is 5.99. The first-order chi connectivity index (χ1) is 16.6. The summed E-state index contributed by atoms with van der Waals surface area (Å²) in [5, 5.41) is 0. The van der Waals surface area contributed by atoms with Crippen LogP contribution in [0, 0.1) is 6.92 Å². The topological polar surface area (TPSA) is 79.7 Å². The van der Waals surface area contributed by atoms with Gasteiger partial charge in [-0.2, -0.15) is 0 Å². The van der Waals surface area contributed by atoms with Crippen molar-refractivity contribution in [2.45, 2.75) is 38.5 Å². The Hall–Kier alpha value is -3.45.